The van der Waals surface area contributed by atoms with Gasteiger partial charge in [0, 0.05) is 17.0 Å². The quantitative estimate of drug-likeness (QED) is 0.531. The van der Waals surface area contributed by atoms with Crippen LogP contribution in [-0.2, 0) is 0 Å². The van der Waals surface area contributed by atoms with E-state index >= 15 is 0 Å². The van der Waals surface area contributed by atoms with E-state index in [4.69, 9.17) is 4.42 Å². The Hall–Kier alpha value is -3.07. The predicted molar refractivity (Wildman–Crippen MR) is 87.1 cm³/mol. The summed E-state index contributed by atoms with van der Waals surface area (Å²) >= 11 is 0. The van der Waals surface area contributed by atoms with Crippen molar-refractivity contribution in [3.63, 3.8) is 0 Å². The zero-order chi connectivity index (χ0) is 15.1. The number of hydrogen-bond donors (Lipinski definition) is 1. The SMILES string of the molecule is O=c1cc(-c2ccccc2)oc2c1ccc1cc(O)ccc12. The third-order valence-corrected chi connectivity index (χ3v) is 3.75. The van der Waals surface area contributed by atoms with E-state index in [2.05, 4.69) is 0 Å². The van der Waals surface area contributed by atoms with Gasteiger partial charge in [-0.1, -0.05) is 36.4 Å². The smallest absolute Gasteiger partial charge is 0.193 e. The third-order valence-electron chi connectivity index (χ3n) is 3.75. The molecule has 0 aliphatic rings. The zero-order valence-corrected chi connectivity index (χ0v) is 11.6. The van der Waals surface area contributed by atoms with Gasteiger partial charge in [-0.3, -0.25) is 4.79 Å². The second kappa shape index (κ2) is 4.74. The van der Waals surface area contributed by atoms with Crippen LogP contribution in [-0.4, -0.2) is 5.11 Å². The first-order valence-electron chi connectivity index (χ1n) is 6.97. The van der Waals surface area contributed by atoms with E-state index in [0.717, 1.165) is 16.3 Å². The van der Waals surface area contributed by atoms with Crippen molar-refractivity contribution in [2.45, 2.75) is 0 Å². The van der Waals surface area contributed by atoms with Crippen LogP contribution < -0.4 is 5.43 Å². The lowest BCUT2D eigenvalue weighted by atomic mass is 10.1. The van der Waals surface area contributed by atoms with Gasteiger partial charge in [0.1, 0.15) is 17.1 Å². The molecule has 106 valence electrons. The molecular weight excluding hydrogens is 276 g/mol. The number of hydrogen-bond acceptors (Lipinski definition) is 3. The van der Waals surface area contributed by atoms with E-state index in [-0.39, 0.29) is 11.2 Å². The van der Waals surface area contributed by atoms with Gasteiger partial charge in [0.15, 0.2) is 5.43 Å². The van der Waals surface area contributed by atoms with Crippen LogP contribution in [0.1, 0.15) is 0 Å². The minimum atomic E-state index is -0.0740. The van der Waals surface area contributed by atoms with Crippen molar-refractivity contribution in [1.29, 1.82) is 0 Å². The number of benzene rings is 3. The Morgan fingerprint density at radius 3 is 2.41 bits per heavy atom. The van der Waals surface area contributed by atoms with Crippen molar-refractivity contribution < 1.29 is 9.52 Å². The summed E-state index contributed by atoms with van der Waals surface area (Å²) < 4.78 is 6.00. The van der Waals surface area contributed by atoms with Crippen molar-refractivity contribution >= 4 is 21.7 Å². The third kappa shape index (κ3) is 1.95. The predicted octanol–water partition coefficient (Wildman–Crippen LogP) is 4.32. The van der Waals surface area contributed by atoms with Crippen LogP contribution in [0, 0.1) is 0 Å². The molecule has 0 saturated heterocycles. The van der Waals surface area contributed by atoms with Crippen LogP contribution in [0.4, 0.5) is 0 Å². The summed E-state index contributed by atoms with van der Waals surface area (Å²) in [5.41, 5.74) is 1.33. The number of fused-ring (bicyclic) bond motifs is 3. The summed E-state index contributed by atoms with van der Waals surface area (Å²) in [5.74, 6) is 0.729. The number of aromatic hydroxyl groups is 1. The van der Waals surface area contributed by atoms with E-state index in [1.807, 2.05) is 36.4 Å². The molecular formula is C19H12O3. The zero-order valence-electron chi connectivity index (χ0n) is 11.6. The molecule has 1 N–H and O–H groups in total. The average molecular weight is 288 g/mol. The molecule has 3 heteroatoms. The number of rotatable bonds is 1. The largest absolute Gasteiger partial charge is 0.508 e. The molecule has 1 heterocycles. The Bertz CT molecular complexity index is 1050. The molecule has 22 heavy (non-hydrogen) atoms. The van der Waals surface area contributed by atoms with Gasteiger partial charge in [-0.05, 0) is 29.7 Å². The highest BCUT2D eigenvalue weighted by atomic mass is 16.3. The van der Waals surface area contributed by atoms with Crippen LogP contribution in [0.25, 0.3) is 33.1 Å². The fourth-order valence-electron chi connectivity index (χ4n) is 2.67. The molecule has 0 atom stereocenters. The van der Waals surface area contributed by atoms with E-state index in [1.165, 1.54) is 6.07 Å². The van der Waals surface area contributed by atoms with Gasteiger partial charge in [-0.2, -0.15) is 0 Å². The van der Waals surface area contributed by atoms with Crippen molar-refractivity contribution in [3.05, 3.63) is 77.0 Å². The van der Waals surface area contributed by atoms with E-state index in [9.17, 15) is 9.90 Å². The minimum absolute atomic E-state index is 0.0740. The Morgan fingerprint density at radius 2 is 1.59 bits per heavy atom. The van der Waals surface area contributed by atoms with Gasteiger partial charge >= 0.3 is 0 Å². The van der Waals surface area contributed by atoms with Crippen molar-refractivity contribution in [1.82, 2.24) is 0 Å². The first-order chi connectivity index (χ1) is 10.7. The highest BCUT2D eigenvalue weighted by Gasteiger charge is 2.10. The van der Waals surface area contributed by atoms with E-state index in [1.54, 1.807) is 24.3 Å². The van der Waals surface area contributed by atoms with Gasteiger partial charge in [0.05, 0.1) is 5.39 Å². The van der Waals surface area contributed by atoms with E-state index in [0.29, 0.717) is 16.7 Å². The van der Waals surface area contributed by atoms with E-state index < -0.39 is 0 Å². The molecule has 3 aromatic carbocycles. The maximum atomic E-state index is 12.4. The van der Waals surface area contributed by atoms with Gasteiger partial charge in [0.2, 0.25) is 0 Å². The lowest BCUT2D eigenvalue weighted by molar-refractivity contribution is 0.476. The Kier molecular flexibility index (Phi) is 2.73. The number of phenols is 1. The molecule has 0 aliphatic heterocycles. The second-order valence-electron chi connectivity index (χ2n) is 5.19. The molecule has 0 bridgehead atoms. The molecule has 0 amide bonds. The Morgan fingerprint density at radius 1 is 0.818 bits per heavy atom. The Labute approximate surface area is 126 Å². The molecule has 0 aliphatic carbocycles. The van der Waals surface area contributed by atoms with Crippen LogP contribution in [0.5, 0.6) is 5.75 Å². The second-order valence-corrected chi connectivity index (χ2v) is 5.19. The molecule has 0 unspecified atom stereocenters. The topological polar surface area (TPSA) is 50.4 Å². The summed E-state index contributed by atoms with van der Waals surface area (Å²) in [6.45, 7) is 0. The molecule has 4 rings (SSSR count). The van der Waals surface area contributed by atoms with Crippen LogP contribution in [0.3, 0.4) is 0 Å². The first kappa shape index (κ1) is 12.7. The minimum Gasteiger partial charge on any atom is -0.508 e. The summed E-state index contributed by atoms with van der Waals surface area (Å²) in [7, 11) is 0. The maximum Gasteiger partial charge on any atom is 0.193 e. The van der Waals surface area contributed by atoms with Crippen LogP contribution >= 0.6 is 0 Å². The lowest BCUT2D eigenvalue weighted by Gasteiger charge is -2.06. The molecule has 3 nitrogen and oxygen atoms in total. The van der Waals surface area contributed by atoms with Crippen molar-refractivity contribution in [2.75, 3.05) is 0 Å². The van der Waals surface area contributed by atoms with Crippen molar-refractivity contribution in [3.8, 4) is 17.1 Å². The fourth-order valence-corrected chi connectivity index (χ4v) is 2.67. The summed E-state index contributed by atoms with van der Waals surface area (Å²) in [6, 6.07) is 19.6. The maximum absolute atomic E-state index is 12.4. The molecule has 0 saturated carbocycles. The fraction of sp³-hybridized carbons (Fsp3) is 0. The van der Waals surface area contributed by atoms with Gasteiger partial charge in [-0.25, -0.2) is 0 Å². The van der Waals surface area contributed by atoms with Gasteiger partial charge in [-0.15, -0.1) is 0 Å². The summed E-state index contributed by atoms with van der Waals surface area (Å²) in [5, 5.41) is 11.8. The molecule has 0 spiro atoms. The summed E-state index contributed by atoms with van der Waals surface area (Å²) in [4.78, 5) is 12.4. The summed E-state index contributed by atoms with van der Waals surface area (Å²) in [6.07, 6.45) is 0. The standard InChI is InChI=1S/C19H12O3/c20-14-7-9-15-13(10-14)6-8-16-17(21)11-18(22-19(15)16)12-4-2-1-3-5-12/h1-11,20H. The molecule has 4 aromatic rings. The van der Waals surface area contributed by atoms with Gasteiger partial charge in [0.25, 0.3) is 0 Å². The number of phenolic OH excluding ortho intramolecular Hbond substituents is 1. The lowest BCUT2D eigenvalue weighted by Crippen LogP contribution is -2.00. The van der Waals surface area contributed by atoms with Crippen molar-refractivity contribution in [2.24, 2.45) is 0 Å². The normalized spacial score (nSPS) is 11.1. The van der Waals surface area contributed by atoms with Gasteiger partial charge < -0.3 is 9.52 Å². The average Bonchev–Trinajstić information content (AvgIpc) is 2.55. The van der Waals surface area contributed by atoms with Crippen LogP contribution in [0.15, 0.2) is 75.9 Å². The molecule has 0 radical (unpaired) electrons. The highest BCUT2D eigenvalue weighted by molar-refractivity contribution is 6.04. The first-order valence-corrected chi connectivity index (χ1v) is 6.97. The Balaban J connectivity index is 2.11. The van der Waals surface area contributed by atoms with Crippen LogP contribution in [0.2, 0.25) is 0 Å². The highest BCUT2D eigenvalue weighted by Crippen LogP contribution is 2.29. The molecule has 1 aromatic heterocycles. The molecule has 0 fully saturated rings. The monoisotopic (exact) mass is 288 g/mol.